The molecule has 0 saturated heterocycles. The molecule has 114 valence electrons. The van der Waals surface area contributed by atoms with Crippen molar-refractivity contribution in [1.82, 2.24) is 4.72 Å². The number of unbranched alkanes of at least 4 members (excludes halogenated alkanes) is 2. The number of nitrogen functional groups attached to an aromatic ring is 1. The van der Waals surface area contributed by atoms with Gasteiger partial charge < -0.3 is 5.73 Å². The first-order valence-corrected chi connectivity index (χ1v) is 9.37. The summed E-state index contributed by atoms with van der Waals surface area (Å²) in [4.78, 5) is -0.508. The van der Waals surface area contributed by atoms with Gasteiger partial charge in [-0.2, -0.15) is 11.8 Å². The van der Waals surface area contributed by atoms with Crippen LogP contribution >= 0.6 is 23.4 Å². The second-order valence-electron chi connectivity index (χ2n) is 4.26. The predicted octanol–water partition coefficient (Wildman–Crippen LogP) is 2.87. The van der Waals surface area contributed by atoms with Gasteiger partial charge >= 0.3 is 0 Å². The largest absolute Gasteiger partial charge is 0.396 e. The van der Waals surface area contributed by atoms with E-state index in [1.807, 2.05) is 6.26 Å². The van der Waals surface area contributed by atoms with E-state index in [0.717, 1.165) is 24.7 Å². The number of nitrogens with two attached hydrogens (primary N) is 1. The van der Waals surface area contributed by atoms with Crippen LogP contribution in [-0.4, -0.2) is 27.0 Å². The summed E-state index contributed by atoms with van der Waals surface area (Å²) in [5.41, 5.74) is 5.09. The highest BCUT2D eigenvalue weighted by atomic mass is 35.5. The molecule has 1 aromatic rings. The quantitative estimate of drug-likeness (QED) is 0.564. The molecule has 0 heterocycles. The highest BCUT2D eigenvalue weighted by molar-refractivity contribution is 7.98. The lowest BCUT2D eigenvalue weighted by atomic mass is 10.2. The summed E-state index contributed by atoms with van der Waals surface area (Å²) in [6.07, 6.45) is 4.68. The lowest BCUT2D eigenvalue weighted by Gasteiger charge is -2.09. The molecule has 0 atom stereocenters. The Morgan fingerprint density at radius 2 is 2.05 bits per heavy atom. The highest BCUT2D eigenvalue weighted by Crippen LogP contribution is 2.25. The normalized spacial score (nSPS) is 11.8. The van der Waals surface area contributed by atoms with Crippen molar-refractivity contribution in [2.45, 2.75) is 24.2 Å². The van der Waals surface area contributed by atoms with E-state index < -0.39 is 20.7 Å². The van der Waals surface area contributed by atoms with Crippen LogP contribution in [0.1, 0.15) is 19.3 Å². The molecular weight excluding hydrogens is 323 g/mol. The van der Waals surface area contributed by atoms with Crippen LogP contribution in [0.2, 0.25) is 5.02 Å². The molecule has 8 heteroatoms. The van der Waals surface area contributed by atoms with Crippen molar-refractivity contribution >= 4 is 39.1 Å². The van der Waals surface area contributed by atoms with Gasteiger partial charge in [0, 0.05) is 11.6 Å². The molecule has 0 unspecified atom stereocenters. The van der Waals surface area contributed by atoms with Gasteiger partial charge in [-0.05, 0) is 37.0 Å². The average molecular weight is 341 g/mol. The highest BCUT2D eigenvalue weighted by Gasteiger charge is 2.21. The molecule has 0 aliphatic carbocycles. The van der Waals surface area contributed by atoms with E-state index in [1.54, 1.807) is 11.8 Å². The molecule has 0 bridgehead atoms. The van der Waals surface area contributed by atoms with Crippen LogP contribution in [0.3, 0.4) is 0 Å². The van der Waals surface area contributed by atoms with Gasteiger partial charge in [0.2, 0.25) is 10.0 Å². The Kier molecular flexibility index (Phi) is 7.08. The summed E-state index contributed by atoms with van der Waals surface area (Å²) in [5.74, 6) is 0.0796. The Labute approximate surface area is 128 Å². The van der Waals surface area contributed by atoms with Crippen LogP contribution in [-0.2, 0) is 10.0 Å². The minimum Gasteiger partial charge on any atom is -0.396 e. The van der Waals surface area contributed by atoms with Crippen molar-refractivity contribution in [3.8, 4) is 0 Å². The van der Waals surface area contributed by atoms with Crippen molar-refractivity contribution in [3.63, 3.8) is 0 Å². The number of rotatable bonds is 8. The molecule has 3 N–H and O–H groups in total. The van der Waals surface area contributed by atoms with Crippen molar-refractivity contribution < 1.29 is 12.8 Å². The first kappa shape index (κ1) is 17.6. The van der Waals surface area contributed by atoms with E-state index in [-0.39, 0.29) is 17.3 Å². The zero-order valence-corrected chi connectivity index (χ0v) is 13.5. The summed E-state index contributed by atoms with van der Waals surface area (Å²) in [5, 5.41) is 0.0873. The molecule has 0 spiro atoms. The van der Waals surface area contributed by atoms with Gasteiger partial charge in [-0.15, -0.1) is 0 Å². The number of thioether (sulfide) groups is 1. The topological polar surface area (TPSA) is 72.2 Å². The lowest BCUT2D eigenvalue weighted by Crippen LogP contribution is -2.26. The van der Waals surface area contributed by atoms with E-state index in [2.05, 4.69) is 4.72 Å². The molecule has 0 amide bonds. The SMILES string of the molecule is CSCCCCCNS(=O)(=O)c1cc(Cl)cc(N)c1F. The summed E-state index contributed by atoms with van der Waals surface area (Å²) in [6.45, 7) is 0.266. The van der Waals surface area contributed by atoms with Crippen molar-refractivity contribution in [1.29, 1.82) is 0 Å². The monoisotopic (exact) mass is 340 g/mol. The lowest BCUT2D eigenvalue weighted by molar-refractivity contribution is 0.555. The van der Waals surface area contributed by atoms with Gasteiger partial charge in [-0.25, -0.2) is 17.5 Å². The van der Waals surface area contributed by atoms with Crippen molar-refractivity contribution in [2.24, 2.45) is 0 Å². The fourth-order valence-electron chi connectivity index (χ4n) is 1.61. The first-order valence-electron chi connectivity index (χ1n) is 6.11. The van der Waals surface area contributed by atoms with Gasteiger partial charge in [-0.3, -0.25) is 0 Å². The van der Waals surface area contributed by atoms with Crippen LogP contribution in [0.5, 0.6) is 0 Å². The van der Waals surface area contributed by atoms with Crippen LogP contribution in [0, 0.1) is 5.82 Å². The number of anilines is 1. The second kappa shape index (κ2) is 8.07. The predicted molar refractivity (Wildman–Crippen MR) is 83.2 cm³/mol. The van der Waals surface area contributed by atoms with E-state index in [4.69, 9.17) is 17.3 Å². The maximum Gasteiger partial charge on any atom is 0.243 e. The summed E-state index contributed by atoms with van der Waals surface area (Å²) >= 11 is 7.46. The summed E-state index contributed by atoms with van der Waals surface area (Å²) in [7, 11) is -3.92. The second-order valence-corrected chi connectivity index (χ2v) is 7.42. The number of hydrogen-bond donors (Lipinski definition) is 2. The number of sulfonamides is 1. The molecule has 1 aromatic carbocycles. The third-order valence-electron chi connectivity index (χ3n) is 2.64. The first-order chi connectivity index (χ1) is 9.38. The molecule has 0 aliphatic heterocycles. The number of hydrogen-bond acceptors (Lipinski definition) is 4. The summed E-state index contributed by atoms with van der Waals surface area (Å²) < 4.78 is 40.1. The van der Waals surface area contributed by atoms with Crippen LogP contribution < -0.4 is 10.5 Å². The third-order valence-corrected chi connectivity index (χ3v) is 5.01. The third kappa shape index (κ3) is 5.12. The summed E-state index contributed by atoms with van der Waals surface area (Å²) in [6, 6.07) is 2.24. The van der Waals surface area contributed by atoms with Gasteiger partial charge in [-0.1, -0.05) is 18.0 Å². The molecule has 20 heavy (non-hydrogen) atoms. The molecule has 0 fully saturated rings. The Balaban J connectivity index is 2.65. The minimum absolute atomic E-state index is 0.0873. The van der Waals surface area contributed by atoms with Gasteiger partial charge in [0.05, 0.1) is 5.69 Å². The number of benzene rings is 1. The van der Waals surface area contributed by atoms with Crippen LogP contribution in [0.15, 0.2) is 17.0 Å². The molecule has 0 radical (unpaired) electrons. The fourth-order valence-corrected chi connectivity index (χ4v) is 3.60. The minimum atomic E-state index is -3.92. The average Bonchev–Trinajstić information content (AvgIpc) is 2.37. The van der Waals surface area contributed by atoms with E-state index in [9.17, 15) is 12.8 Å². The van der Waals surface area contributed by atoms with Crippen molar-refractivity contribution in [2.75, 3.05) is 24.3 Å². The van der Waals surface area contributed by atoms with Crippen molar-refractivity contribution in [3.05, 3.63) is 23.0 Å². The Morgan fingerprint density at radius 1 is 1.35 bits per heavy atom. The van der Waals surface area contributed by atoms with Crippen LogP contribution in [0.4, 0.5) is 10.1 Å². The molecule has 0 aliphatic rings. The molecule has 1 rings (SSSR count). The number of halogens is 2. The van der Waals surface area contributed by atoms with Gasteiger partial charge in [0.1, 0.15) is 4.90 Å². The number of nitrogens with one attached hydrogen (secondary N) is 1. The maximum absolute atomic E-state index is 13.7. The van der Waals surface area contributed by atoms with Crippen LogP contribution in [0.25, 0.3) is 0 Å². The van der Waals surface area contributed by atoms with E-state index in [1.165, 1.54) is 6.07 Å². The Morgan fingerprint density at radius 3 is 2.70 bits per heavy atom. The molecule has 0 saturated carbocycles. The standard InChI is InChI=1S/C12H18ClFN2O2S2/c1-19-6-4-2-3-5-16-20(17,18)11-8-9(13)7-10(15)12(11)14/h7-8,16H,2-6,15H2,1H3. The molecular formula is C12H18ClFN2O2S2. The Bertz CT molecular complexity index is 553. The fraction of sp³-hybridized carbons (Fsp3) is 0.500. The smallest absolute Gasteiger partial charge is 0.243 e. The van der Waals surface area contributed by atoms with E-state index >= 15 is 0 Å². The molecule has 0 aromatic heterocycles. The molecule has 4 nitrogen and oxygen atoms in total. The van der Waals surface area contributed by atoms with E-state index in [0.29, 0.717) is 6.42 Å². The zero-order chi connectivity index (χ0) is 15.2. The Hall–Kier alpha value is -0.500. The maximum atomic E-state index is 13.7. The zero-order valence-electron chi connectivity index (χ0n) is 11.2. The van der Waals surface area contributed by atoms with Gasteiger partial charge in [0.25, 0.3) is 0 Å². The van der Waals surface area contributed by atoms with Gasteiger partial charge in [0.15, 0.2) is 5.82 Å².